The highest BCUT2D eigenvalue weighted by molar-refractivity contribution is 7.47. The molecular formula is C47H91N2O7P. The zero-order valence-electron chi connectivity index (χ0n) is 36.9. The summed E-state index contributed by atoms with van der Waals surface area (Å²) >= 11 is 0. The van der Waals surface area contributed by atoms with Crippen molar-refractivity contribution < 1.29 is 33.5 Å². The van der Waals surface area contributed by atoms with Crippen LogP contribution in [0.25, 0.3) is 0 Å². The normalized spacial score (nSPS) is 14.8. The summed E-state index contributed by atoms with van der Waals surface area (Å²) in [6.07, 6.45) is 48.1. The summed E-state index contributed by atoms with van der Waals surface area (Å²) in [6, 6.07) is -1.00. The minimum absolute atomic E-state index is 0.0429. The Balaban J connectivity index is 4.32. The summed E-state index contributed by atoms with van der Waals surface area (Å²) in [5, 5.41) is 24.1. The van der Waals surface area contributed by atoms with Crippen LogP contribution in [0.2, 0.25) is 0 Å². The lowest BCUT2D eigenvalue weighted by atomic mass is 10.0. The van der Waals surface area contributed by atoms with Gasteiger partial charge >= 0.3 is 7.82 Å². The molecule has 0 aliphatic carbocycles. The third kappa shape index (κ3) is 41.2. The Morgan fingerprint density at radius 3 is 1.46 bits per heavy atom. The average molecular weight is 827 g/mol. The van der Waals surface area contributed by atoms with E-state index in [4.69, 9.17) is 14.8 Å². The number of aliphatic hydroxyl groups excluding tert-OH is 2. The van der Waals surface area contributed by atoms with Gasteiger partial charge in [0.25, 0.3) is 0 Å². The van der Waals surface area contributed by atoms with E-state index < -0.39 is 38.6 Å². The van der Waals surface area contributed by atoms with Crippen LogP contribution in [0.4, 0.5) is 0 Å². The van der Waals surface area contributed by atoms with E-state index in [1.54, 1.807) is 6.08 Å². The molecule has 0 rings (SSSR count). The molecule has 6 N–H and O–H groups in total. The first-order chi connectivity index (χ1) is 27.8. The highest BCUT2D eigenvalue weighted by atomic mass is 31.2. The number of allylic oxidation sites excluding steroid dienone is 5. The Morgan fingerprint density at radius 1 is 0.596 bits per heavy atom. The Labute approximate surface area is 351 Å². The third-order valence-electron chi connectivity index (χ3n) is 10.5. The van der Waals surface area contributed by atoms with Crippen molar-refractivity contribution in [1.29, 1.82) is 0 Å². The van der Waals surface area contributed by atoms with Gasteiger partial charge in [-0.15, -0.1) is 0 Å². The van der Waals surface area contributed by atoms with Crippen LogP contribution in [0.5, 0.6) is 0 Å². The zero-order valence-corrected chi connectivity index (χ0v) is 37.8. The fraction of sp³-hybridized carbons (Fsp3) is 0.851. The maximum Gasteiger partial charge on any atom is 0.472 e. The van der Waals surface area contributed by atoms with E-state index in [1.807, 2.05) is 6.08 Å². The van der Waals surface area contributed by atoms with E-state index in [0.29, 0.717) is 12.8 Å². The molecule has 0 aromatic carbocycles. The Kier molecular flexibility index (Phi) is 41.8. The molecule has 1 amide bonds. The Hall–Kier alpha value is -1.32. The van der Waals surface area contributed by atoms with Gasteiger partial charge in [0.15, 0.2) is 0 Å². The number of hydrogen-bond donors (Lipinski definition) is 5. The molecule has 4 atom stereocenters. The molecule has 0 saturated carbocycles. The molecule has 0 aromatic rings. The highest BCUT2D eigenvalue weighted by Gasteiger charge is 2.27. The molecule has 0 heterocycles. The maximum absolute atomic E-state index is 12.8. The van der Waals surface area contributed by atoms with Gasteiger partial charge in [0.05, 0.1) is 37.9 Å². The van der Waals surface area contributed by atoms with Crippen LogP contribution in [0.3, 0.4) is 0 Å². The van der Waals surface area contributed by atoms with Crippen molar-refractivity contribution in [3.63, 3.8) is 0 Å². The van der Waals surface area contributed by atoms with Crippen LogP contribution in [-0.4, -0.2) is 59.0 Å². The van der Waals surface area contributed by atoms with Gasteiger partial charge in [0.2, 0.25) is 5.91 Å². The molecule has 0 radical (unpaired) electrons. The summed E-state index contributed by atoms with van der Waals surface area (Å²) in [6.45, 7) is 3.95. The second kappa shape index (κ2) is 42.8. The van der Waals surface area contributed by atoms with Gasteiger partial charge in [-0.3, -0.25) is 13.8 Å². The van der Waals surface area contributed by atoms with Gasteiger partial charge in [-0.1, -0.05) is 192 Å². The van der Waals surface area contributed by atoms with Gasteiger partial charge in [-0.2, -0.15) is 0 Å². The smallest absolute Gasteiger partial charge is 0.393 e. The number of unbranched alkanes of at least 4 members (excludes halogenated alkanes) is 26. The van der Waals surface area contributed by atoms with Gasteiger partial charge in [-0.05, 0) is 57.8 Å². The monoisotopic (exact) mass is 827 g/mol. The van der Waals surface area contributed by atoms with Gasteiger partial charge in [-0.25, -0.2) is 4.57 Å². The Bertz CT molecular complexity index is 1010. The largest absolute Gasteiger partial charge is 0.472 e. The summed E-state index contributed by atoms with van der Waals surface area (Å²) in [5.74, 6) is -0.464. The van der Waals surface area contributed by atoms with E-state index >= 15 is 0 Å². The predicted molar refractivity (Wildman–Crippen MR) is 241 cm³/mol. The summed E-state index contributed by atoms with van der Waals surface area (Å²) in [7, 11) is -4.41. The number of rotatable bonds is 44. The van der Waals surface area contributed by atoms with E-state index in [9.17, 15) is 24.5 Å². The molecular weight excluding hydrogens is 735 g/mol. The molecule has 57 heavy (non-hydrogen) atoms. The fourth-order valence-electron chi connectivity index (χ4n) is 6.89. The lowest BCUT2D eigenvalue weighted by Gasteiger charge is -2.24. The number of phosphoric ester groups is 1. The Morgan fingerprint density at radius 2 is 1.00 bits per heavy atom. The standard InChI is InChI=1S/C47H91N2O7P/c1-3-5-7-9-11-13-15-17-19-20-21-22-23-24-25-27-29-31-33-35-37-39-46(51)45(43-56-57(53,54)55-41-40-48)49-47(52)42-44(50)38-36-34-32-30-28-26-18-16-14-12-10-8-6-4-2/h26,28-29,31,37,39,44-46,50-51H,3-25,27,30,32-36,38,40-43,48H2,1-2H3,(H,49,52)(H,53,54)/b28-26-,31-29+,39-37+. The minimum Gasteiger partial charge on any atom is -0.393 e. The van der Waals surface area contributed by atoms with Crippen molar-refractivity contribution >= 4 is 13.7 Å². The quantitative estimate of drug-likeness (QED) is 0.0231. The predicted octanol–water partition coefficient (Wildman–Crippen LogP) is 12.5. The number of carbonyl (C=O) groups excluding carboxylic acids is 1. The van der Waals surface area contributed by atoms with Crippen LogP contribution in [-0.2, 0) is 18.4 Å². The molecule has 0 saturated heterocycles. The van der Waals surface area contributed by atoms with Crippen LogP contribution in [0, 0.1) is 0 Å². The SMILES string of the molecule is CCCCCCCCC/C=C\CCCCCC(O)CC(=O)NC(COP(=O)(O)OCCN)C(O)/C=C/CC/C=C/CCCCCCCCCCCCCCCCC. The summed E-state index contributed by atoms with van der Waals surface area (Å²) in [4.78, 5) is 22.8. The molecule has 0 fully saturated rings. The molecule has 0 aliphatic rings. The lowest BCUT2D eigenvalue weighted by molar-refractivity contribution is -0.124. The van der Waals surface area contributed by atoms with Crippen LogP contribution in [0.15, 0.2) is 36.5 Å². The maximum atomic E-state index is 12.8. The summed E-state index contributed by atoms with van der Waals surface area (Å²) < 4.78 is 22.1. The van der Waals surface area contributed by atoms with Crippen molar-refractivity contribution in [3.05, 3.63) is 36.5 Å². The first-order valence-electron chi connectivity index (χ1n) is 23.7. The fourth-order valence-corrected chi connectivity index (χ4v) is 7.65. The number of nitrogens with two attached hydrogens (primary N) is 1. The molecule has 0 spiro atoms. The third-order valence-corrected chi connectivity index (χ3v) is 11.5. The first-order valence-corrected chi connectivity index (χ1v) is 25.2. The molecule has 10 heteroatoms. The topological polar surface area (TPSA) is 151 Å². The number of aliphatic hydroxyl groups is 2. The van der Waals surface area contributed by atoms with Crippen molar-refractivity contribution in [1.82, 2.24) is 5.32 Å². The molecule has 336 valence electrons. The first kappa shape index (κ1) is 55.7. The van der Waals surface area contributed by atoms with Gasteiger partial charge in [0, 0.05) is 6.54 Å². The molecule has 0 aliphatic heterocycles. The van der Waals surface area contributed by atoms with E-state index in [2.05, 4.69) is 43.5 Å². The van der Waals surface area contributed by atoms with Crippen molar-refractivity contribution in [2.24, 2.45) is 5.73 Å². The number of carbonyl (C=O) groups is 1. The van der Waals surface area contributed by atoms with Gasteiger partial charge in [0.1, 0.15) is 0 Å². The van der Waals surface area contributed by atoms with Crippen LogP contribution < -0.4 is 11.1 Å². The number of phosphoric acid groups is 1. The number of hydrogen-bond acceptors (Lipinski definition) is 7. The number of amides is 1. The van der Waals surface area contributed by atoms with E-state index in [0.717, 1.165) is 44.9 Å². The van der Waals surface area contributed by atoms with Crippen molar-refractivity contribution in [3.8, 4) is 0 Å². The van der Waals surface area contributed by atoms with Crippen LogP contribution in [0.1, 0.15) is 219 Å². The molecule has 0 aromatic heterocycles. The molecule has 9 nitrogen and oxygen atoms in total. The minimum atomic E-state index is -4.41. The van der Waals surface area contributed by atoms with E-state index in [-0.39, 0.29) is 19.6 Å². The molecule has 0 bridgehead atoms. The molecule has 4 unspecified atom stereocenters. The number of nitrogens with one attached hydrogen (secondary N) is 1. The van der Waals surface area contributed by atoms with Crippen molar-refractivity contribution in [2.45, 2.75) is 238 Å². The second-order valence-electron chi connectivity index (χ2n) is 16.1. The second-order valence-corrected chi connectivity index (χ2v) is 17.6. The van der Waals surface area contributed by atoms with Gasteiger partial charge < -0.3 is 26.2 Å². The van der Waals surface area contributed by atoms with E-state index in [1.165, 1.54) is 141 Å². The van der Waals surface area contributed by atoms with Crippen molar-refractivity contribution in [2.75, 3.05) is 19.8 Å². The van der Waals surface area contributed by atoms with Crippen LogP contribution >= 0.6 is 7.82 Å². The average Bonchev–Trinajstić information content (AvgIpc) is 3.19. The lowest BCUT2D eigenvalue weighted by Crippen LogP contribution is -2.46. The summed E-state index contributed by atoms with van der Waals surface area (Å²) in [5.41, 5.74) is 5.37. The highest BCUT2D eigenvalue weighted by Crippen LogP contribution is 2.43. The zero-order chi connectivity index (χ0) is 41.9.